The number of amides is 1. The fourth-order valence-corrected chi connectivity index (χ4v) is 3.16. The van der Waals surface area contributed by atoms with E-state index in [-0.39, 0.29) is 12.7 Å². The summed E-state index contributed by atoms with van der Waals surface area (Å²) in [5, 5.41) is 13.2. The predicted molar refractivity (Wildman–Crippen MR) is 89.0 cm³/mol. The minimum Gasteiger partial charge on any atom is -0.454 e. The second-order valence-electron chi connectivity index (χ2n) is 6.17. The van der Waals surface area contributed by atoms with Gasteiger partial charge in [0.1, 0.15) is 5.82 Å². The van der Waals surface area contributed by atoms with Crippen LogP contribution in [0.2, 0.25) is 0 Å². The second kappa shape index (κ2) is 6.52. The van der Waals surface area contributed by atoms with Crippen molar-refractivity contribution in [3.8, 4) is 22.6 Å². The maximum atomic E-state index is 12.2. The van der Waals surface area contributed by atoms with Crippen molar-refractivity contribution in [2.75, 3.05) is 25.2 Å². The molecule has 1 unspecified atom stereocenters. The van der Waals surface area contributed by atoms with Crippen LogP contribution in [0.1, 0.15) is 19.3 Å². The van der Waals surface area contributed by atoms with Gasteiger partial charge in [0, 0.05) is 12.0 Å². The van der Waals surface area contributed by atoms with Crippen molar-refractivity contribution >= 4 is 11.7 Å². The zero-order valence-electron chi connectivity index (χ0n) is 13.3. The van der Waals surface area contributed by atoms with E-state index in [1.54, 1.807) is 6.20 Å². The molecule has 0 saturated carbocycles. The second-order valence-corrected chi connectivity index (χ2v) is 6.17. The number of hydrogen-bond donors (Lipinski definition) is 3. The Morgan fingerprint density at radius 2 is 2.25 bits per heavy atom. The van der Waals surface area contributed by atoms with Gasteiger partial charge >= 0.3 is 0 Å². The van der Waals surface area contributed by atoms with Crippen LogP contribution in [-0.4, -0.2) is 36.0 Å². The smallest absolute Gasteiger partial charge is 0.231 e. The van der Waals surface area contributed by atoms with E-state index in [0.29, 0.717) is 23.9 Å². The molecule has 7 heteroatoms. The number of carbonyl (C=O) groups is 1. The van der Waals surface area contributed by atoms with Crippen LogP contribution in [0.15, 0.2) is 24.4 Å². The molecule has 1 atom stereocenters. The first kappa shape index (κ1) is 15.0. The average Bonchev–Trinajstić information content (AvgIpc) is 3.33. The molecular formula is C17H20N4O3. The van der Waals surface area contributed by atoms with Gasteiger partial charge in [0.05, 0.1) is 6.20 Å². The van der Waals surface area contributed by atoms with E-state index in [1.807, 2.05) is 18.2 Å². The number of hydrogen-bond acceptors (Lipinski definition) is 5. The lowest BCUT2D eigenvalue weighted by Gasteiger charge is -2.09. The summed E-state index contributed by atoms with van der Waals surface area (Å²) in [4.78, 5) is 12.2. The third-order valence-electron chi connectivity index (χ3n) is 4.53. The summed E-state index contributed by atoms with van der Waals surface area (Å²) in [6.45, 7) is 2.31. The average molecular weight is 328 g/mol. The summed E-state index contributed by atoms with van der Waals surface area (Å²) in [5.74, 6) is 2.67. The lowest BCUT2D eigenvalue weighted by molar-refractivity contribution is -0.116. The van der Waals surface area contributed by atoms with Crippen molar-refractivity contribution in [2.45, 2.75) is 19.3 Å². The van der Waals surface area contributed by atoms with Crippen molar-refractivity contribution in [2.24, 2.45) is 5.92 Å². The number of nitrogens with one attached hydrogen (secondary N) is 3. The Balaban J connectivity index is 1.43. The van der Waals surface area contributed by atoms with E-state index >= 15 is 0 Å². The molecule has 3 N–H and O–H groups in total. The van der Waals surface area contributed by atoms with Crippen LogP contribution < -0.4 is 20.1 Å². The molecule has 0 aliphatic carbocycles. The van der Waals surface area contributed by atoms with Gasteiger partial charge in [-0.3, -0.25) is 9.89 Å². The highest BCUT2D eigenvalue weighted by Gasteiger charge is 2.18. The molecule has 0 spiro atoms. The maximum absolute atomic E-state index is 12.2. The Morgan fingerprint density at radius 3 is 3.12 bits per heavy atom. The Morgan fingerprint density at radius 1 is 1.33 bits per heavy atom. The van der Waals surface area contributed by atoms with Gasteiger partial charge in [-0.05, 0) is 49.5 Å². The van der Waals surface area contributed by atoms with Crippen molar-refractivity contribution in [1.29, 1.82) is 0 Å². The van der Waals surface area contributed by atoms with Crippen LogP contribution in [-0.2, 0) is 4.79 Å². The van der Waals surface area contributed by atoms with Gasteiger partial charge in [0.2, 0.25) is 12.7 Å². The van der Waals surface area contributed by atoms with Crippen LogP contribution in [0, 0.1) is 5.92 Å². The first-order valence-corrected chi connectivity index (χ1v) is 8.23. The highest BCUT2D eigenvalue weighted by Crippen LogP contribution is 2.37. The lowest BCUT2D eigenvalue weighted by Crippen LogP contribution is -2.15. The summed E-state index contributed by atoms with van der Waals surface area (Å²) in [5.41, 5.74) is 1.76. The van der Waals surface area contributed by atoms with Crippen LogP contribution in [0.4, 0.5) is 5.82 Å². The Kier molecular flexibility index (Phi) is 4.08. The molecule has 1 amide bonds. The monoisotopic (exact) mass is 328 g/mol. The summed E-state index contributed by atoms with van der Waals surface area (Å²) in [6, 6.07) is 5.69. The minimum absolute atomic E-state index is 0.00754. The standard InChI is InChI=1S/C17H20N4O3/c22-16(4-1-11-5-6-18-8-11)20-17-13(9-19-21-17)12-2-3-14-15(7-12)24-10-23-14/h2-3,7,9,11,18H,1,4-6,8,10H2,(H2,19,20,21,22). The molecule has 1 aromatic heterocycles. The van der Waals surface area contributed by atoms with Crippen LogP contribution in [0.3, 0.4) is 0 Å². The van der Waals surface area contributed by atoms with E-state index in [9.17, 15) is 4.79 Å². The quantitative estimate of drug-likeness (QED) is 0.782. The van der Waals surface area contributed by atoms with E-state index in [0.717, 1.165) is 42.8 Å². The highest BCUT2D eigenvalue weighted by molar-refractivity contribution is 5.94. The molecule has 2 aliphatic heterocycles. The number of fused-ring (bicyclic) bond motifs is 1. The molecule has 0 radical (unpaired) electrons. The third kappa shape index (κ3) is 3.07. The van der Waals surface area contributed by atoms with Crippen molar-refractivity contribution in [3.63, 3.8) is 0 Å². The number of rotatable bonds is 5. The highest BCUT2D eigenvalue weighted by atomic mass is 16.7. The molecule has 1 aromatic carbocycles. The van der Waals surface area contributed by atoms with Crippen molar-refractivity contribution in [1.82, 2.24) is 15.5 Å². The summed E-state index contributed by atoms with van der Waals surface area (Å²) in [6.07, 6.45) is 4.28. The van der Waals surface area contributed by atoms with Crippen LogP contribution in [0.5, 0.6) is 11.5 Å². The summed E-state index contributed by atoms with van der Waals surface area (Å²) >= 11 is 0. The third-order valence-corrected chi connectivity index (χ3v) is 4.53. The van der Waals surface area contributed by atoms with E-state index < -0.39 is 0 Å². The first-order valence-electron chi connectivity index (χ1n) is 8.23. The number of H-pyrrole nitrogens is 1. The zero-order chi connectivity index (χ0) is 16.4. The maximum Gasteiger partial charge on any atom is 0.231 e. The molecular weight excluding hydrogens is 308 g/mol. The molecule has 1 fully saturated rings. The molecule has 126 valence electrons. The molecule has 3 heterocycles. The number of ether oxygens (including phenoxy) is 2. The summed E-state index contributed by atoms with van der Waals surface area (Å²) in [7, 11) is 0. The Bertz CT molecular complexity index is 737. The Labute approximate surface area is 139 Å². The first-order chi connectivity index (χ1) is 11.8. The van der Waals surface area contributed by atoms with Gasteiger partial charge in [0.25, 0.3) is 0 Å². The van der Waals surface area contributed by atoms with Crippen LogP contribution >= 0.6 is 0 Å². The normalized spacial score (nSPS) is 18.8. The zero-order valence-corrected chi connectivity index (χ0v) is 13.3. The van der Waals surface area contributed by atoms with Crippen molar-refractivity contribution < 1.29 is 14.3 Å². The molecule has 0 bridgehead atoms. The SMILES string of the molecule is O=C(CCC1CCNC1)Nc1[nH]ncc1-c1ccc2c(c1)OCO2. The molecule has 7 nitrogen and oxygen atoms in total. The fourth-order valence-electron chi connectivity index (χ4n) is 3.16. The topological polar surface area (TPSA) is 88.3 Å². The molecule has 1 saturated heterocycles. The van der Waals surface area contributed by atoms with Gasteiger partial charge in [0.15, 0.2) is 11.5 Å². The van der Waals surface area contributed by atoms with Gasteiger partial charge in [-0.1, -0.05) is 6.07 Å². The van der Waals surface area contributed by atoms with E-state index in [1.165, 1.54) is 0 Å². The number of benzene rings is 1. The largest absolute Gasteiger partial charge is 0.454 e. The summed E-state index contributed by atoms with van der Waals surface area (Å²) < 4.78 is 10.7. The number of aromatic nitrogens is 2. The molecule has 4 rings (SSSR count). The number of anilines is 1. The van der Waals surface area contributed by atoms with Crippen molar-refractivity contribution in [3.05, 3.63) is 24.4 Å². The fraction of sp³-hybridized carbons (Fsp3) is 0.412. The van der Waals surface area contributed by atoms with Gasteiger partial charge < -0.3 is 20.1 Å². The Hall–Kier alpha value is -2.54. The van der Waals surface area contributed by atoms with Crippen LogP contribution in [0.25, 0.3) is 11.1 Å². The number of aromatic amines is 1. The van der Waals surface area contributed by atoms with Gasteiger partial charge in [-0.15, -0.1) is 0 Å². The minimum atomic E-state index is 0.00754. The number of carbonyl (C=O) groups excluding carboxylic acids is 1. The lowest BCUT2D eigenvalue weighted by atomic mass is 10.0. The molecule has 24 heavy (non-hydrogen) atoms. The van der Waals surface area contributed by atoms with Gasteiger partial charge in [-0.2, -0.15) is 5.10 Å². The van der Waals surface area contributed by atoms with Gasteiger partial charge in [-0.25, -0.2) is 0 Å². The predicted octanol–water partition coefficient (Wildman–Crippen LogP) is 2.13. The molecule has 2 aromatic rings. The number of nitrogens with zero attached hydrogens (tertiary/aromatic N) is 1. The van der Waals surface area contributed by atoms with E-state index in [2.05, 4.69) is 20.8 Å². The molecule has 2 aliphatic rings. The van der Waals surface area contributed by atoms with E-state index in [4.69, 9.17) is 9.47 Å².